The summed E-state index contributed by atoms with van der Waals surface area (Å²) < 4.78 is 10.9. The standard InChI is InChI=1S/C22H21N3O4S/c1-3-14(2)29-21(27)11-25-18-10-15(7-8-19(18)28-12-20(25)26)17-13-30-22(24-17)16-6-4-5-9-23-16/h4-10,13-14H,3,11-12H2,1-2H3. The highest BCUT2D eigenvalue weighted by molar-refractivity contribution is 7.13. The Bertz CT molecular complexity index is 1070. The van der Waals surface area contributed by atoms with Crippen molar-refractivity contribution in [1.82, 2.24) is 9.97 Å². The summed E-state index contributed by atoms with van der Waals surface area (Å²) in [6.07, 6.45) is 2.25. The second kappa shape index (κ2) is 8.62. The molecular formula is C22H21N3O4S. The van der Waals surface area contributed by atoms with Crippen molar-refractivity contribution >= 4 is 28.9 Å². The number of esters is 1. The molecule has 3 aromatic rings. The van der Waals surface area contributed by atoms with Gasteiger partial charge in [0.2, 0.25) is 0 Å². The number of hydrogen-bond acceptors (Lipinski definition) is 7. The van der Waals surface area contributed by atoms with Crippen LogP contribution in [-0.2, 0) is 14.3 Å². The van der Waals surface area contributed by atoms with Crippen molar-refractivity contribution < 1.29 is 19.1 Å². The largest absolute Gasteiger partial charge is 0.482 e. The number of nitrogens with zero attached hydrogens (tertiary/aromatic N) is 3. The number of fused-ring (bicyclic) bond motifs is 1. The highest BCUT2D eigenvalue weighted by Crippen LogP contribution is 2.37. The van der Waals surface area contributed by atoms with E-state index in [-0.39, 0.29) is 25.2 Å². The Kier molecular flexibility index (Phi) is 5.76. The Labute approximate surface area is 178 Å². The van der Waals surface area contributed by atoms with E-state index in [1.54, 1.807) is 12.3 Å². The number of rotatable bonds is 6. The molecule has 7 nitrogen and oxygen atoms in total. The molecule has 2 aromatic heterocycles. The summed E-state index contributed by atoms with van der Waals surface area (Å²) >= 11 is 1.50. The molecule has 1 aliphatic rings. The molecule has 1 amide bonds. The Hall–Kier alpha value is -3.26. The molecule has 0 saturated heterocycles. The SMILES string of the molecule is CCC(C)OC(=O)CN1C(=O)COc2ccc(-c3csc(-c4ccccn4)n3)cc21. The number of carbonyl (C=O) groups is 2. The number of ether oxygens (including phenoxy) is 2. The Morgan fingerprint density at radius 2 is 2.17 bits per heavy atom. The molecular weight excluding hydrogens is 402 g/mol. The maximum absolute atomic E-state index is 12.5. The lowest BCUT2D eigenvalue weighted by molar-refractivity contribution is -0.147. The minimum absolute atomic E-state index is 0.108. The number of amides is 1. The Balaban J connectivity index is 1.61. The molecule has 0 spiro atoms. The molecule has 0 aliphatic carbocycles. The summed E-state index contributed by atoms with van der Waals surface area (Å²) in [5.74, 6) is -0.176. The fourth-order valence-electron chi connectivity index (χ4n) is 3.02. The molecule has 0 bridgehead atoms. The van der Waals surface area contributed by atoms with Crippen molar-refractivity contribution in [2.75, 3.05) is 18.1 Å². The van der Waals surface area contributed by atoms with Gasteiger partial charge in [0.05, 0.1) is 23.2 Å². The van der Waals surface area contributed by atoms with E-state index in [2.05, 4.69) is 9.97 Å². The molecule has 0 radical (unpaired) electrons. The molecule has 1 atom stereocenters. The molecule has 0 saturated carbocycles. The van der Waals surface area contributed by atoms with Gasteiger partial charge in [0.1, 0.15) is 17.3 Å². The topological polar surface area (TPSA) is 81.6 Å². The predicted molar refractivity (Wildman–Crippen MR) is 114 cm³/mol. The zero-order chi connectivity index (χ0) is 21.1. The number of anilines is 1. The van der Waals surface area contributed by atoms with Gasteiger partial charge in [0.25, 0.3) is 5.91 Å². The van der Waals surface area contributed by atoms with Crippen molar-refractivity contribution in [3.05, 3.63) is 48.0 Å². The quantitative estimate of drug-likeness (QED) is 0.559. The second-order valence-electron chi connectivity index (χ2n) is 6.91. The van der Waals surface area contributed by atoms with Gasteiger partial charge in [-0.05, 0) is 43.7 Å². The number of carbonyl (C=O) groups excluding carboxylic acids is 2. The van der Waals surface area contributed by atoms with Crippen LogP contribution in [-0.4, -0.2) is 41.1 Å². The van der Waals surface area contributed by atoms with E-state index in [0.717, 1.165) is 22.0 Å². The zero-order valence-electron chi connectivity index (χ0n) is 16.7. The van der Waals surface area contributed by atoms with Crippen molar-refractivity contribution in [2.45, 2.75) is 26.4 Å². The lowest BCUT2D eigenvalue weighted by atomic mass is 10.1. The third-order valence-electron chi connectivity index (χ3n) is 4.78. The van der Waals surface area contributed by atoms with E-state index in [1.165, 1.54) is 16.2 Å². The summed E-state index contributed by atoms with van der Waals surface area (Å²) in [6, 6.07) is 11.2. The van der Waals surface area contributed by atoms with Crippen LogP contribution in [0.3, 0.4) is 0 Å². The molecule has 8 heteroatoms. The highest BCUT2D eigenvalue weighted by atomic mass is 32.1. The first-order valence-corrected chi connectivity index (χ1v) is 10.6. The van der Waals surface area contributed by atoms with E-state index in [9.17, 15) is 9.59 Å². The first kappa shape index (κ1) is 20.0. The lowest BCUT2D eigenvalue weighted by Gasteiger charge is -2.29. The van der Waals surface area contributed by atoms with Crippen molar-refractivity contribution in [2.24, 2.45) is 0 Å². The minimum atomic E-state index is -0.443. The molecule has 1 unspecified atom stereocenters. The molecule has 30 heavy (non-hydrogen) atoms. The van der Waals surface area contributed by atoms with E-state index in [0.29, 0.717) is 17.9 Å². The van der Waals surface area contributed by atoms with Crippen LogP contribution in [0.2, 0.25) is 0 Å². The number of benzene rings is 1. The minimum Gasteiger partial charge on any atom is -0.482 e. The number of aromatic nitrogens is 2. The molecule has 1 aliphatic heterocycles. The highest BCUT2D eigenvalue weighted by Gasteiger charge is 2.29. The average molecular weight is 423 g/mol. The summed E-state index contributed by atoms with van der Waals surface area (Å²) in [6.45, 7) is 3.50. The van der Waals surface area contributed by atoms with Crippen LogP contribution in [0.5, 0.6) is 5.75 Å². The molecule has 1 aromatic carbocycles. The van der Waals surface area contributed by atoms with Crippen LogP contribution in [0.25, 0.3) is 22.0 Å². The first-order valence-electron chi connectivity index (χ1n) is 9.69. The molecule has 0 N–H and O–H groups in total. The third-order valence-corrected chi connectivity index (χ3v) is 5.65. The first-order chi connectivity index (χ1) is 14.5. The van der Waals surface area contributed by atoms with Gasteiger partial charge in [-0.15, -0.1) is 11.3 Å². The van der Waals surface area contributed by atoms with Crippen LogP contribution in [0.1, 0.15) is 20.3 Å². The average Bonchev–Trinajstić information content (AvgIpc) is 3.26. The molecule has 154 valence electrons. The lowest BCUT2D eigenvalue weighted by Crippen LogP contribution is -2.42. The van der Waals surface area contributed by atoms with Gasteiger partial charge < -0.3 is 9.47 Å². The summed E-state index contributed by atoms with van der Waals surface area (Å²) in [5, 5.41) is 2.75. The van der Waals surface area contributed by atoms with Crippen molar-refractivity contribution in [3.63, 3.8) is 0 Å². The zero-order valence-corrected chi connectivity index (χ0v) is 17.5. The van der Waals surface area contributed by atoms with E-state index in [4.69, 9.17) is 9.47 Å². The van der Waals surface area contributed by atoms with Crippen LogP contribution in [0, 0.1) is 0 Å². The third kappa shape index (κ3) is 4.18. The fraction of sp³-hybridized carbons (Fsp3) is 0.273. The van der Waals surface area contributed by atoms with Gasteiger partial charge in [0.15, 0.2) is 6.61 Å². The van der Waals surface area contributed by atoms with Gasteiger partial charge >= 0.3 is 5.97 Å². The van der Waals surface area contributed by atoms with Crippen LogP contribution < -0.4 is 9.64 Å². The van der Waals surface area contributed by atoms with Crippen molar-refractivity contribution in [3.8, 4) is 27.7 Å². The van der Waals surface area contributed by atoms with E-state index >= 15 is 0 Å². The van der Waals surface area contributed by atoms with Crippen LogP contribution in [0.4, 0.5) is 5.69 Å². The van der Waals surface area contributed by atoms with Gasteiger partial charge in [0, 0.05) is 17.1 Å². The maximum atomic E-state index is 12.5. The predicted octanol–water partition coefficient (Wildman–Crippen LogP) is 3.94. The smallest absolute Gasteiger partial charge is 0.326 e. The second-order valence-corrected chi connectivity index (χ2v) is 7.77. The Morgan fingerprint density at radius 1 is 1.30 bits per heavy atom. The van der Waals surface area contributed by atoms with Gasteiger partial charge in [-0.1, -0.05) is 13.0 Å². The van der Waals surface area contributed by atoms with Crippen LogP contribution in [0.15, 0.2) is 48.0 Å². The fourth-order valence-corrected chi connectivity index (χ4v) is 3.83. The summed E-state index contributed by atoms with van der Waals surface area (Å²) in [5.41, 5.74) is 2.94. The normalized spacial score (nSPS) is 14.1. The molecule has 0 fully saturated rings. The van der Waals surface area contributed by atoms with E-state index in [1.807, 2.05) is 49.6 Å². The van der Waals surface area contributed by atoms with Gasteiger partial charge in [-0.2, -0.15) is 0 Å². The van der Waals surface area contributed by atoms with Gasteiger partial charge in [-0.25, -0.2) is 4.98 Å². The molecule has 4 rings (SSSR count). The van der Waals surface area contributed by atoms with Crippen LogP contribution >= 0.6 is 11.3 Å². The summed E-state index contributed by atoms with van der Waals surface area (Å²) in [7, 11) is 0. The summed E-state index contributed by atoms with van der Waals surface area (Å²) in [4.78, 5) is 35.2. The number of hydrogen-bond donors (Lipinski definition) is 0. The monoisotopic (exact) mass is 423 g/mol. The van der Waals surface area contributed by atoms with E-state index < -0.39 is 5.97 Å². The number of thiazole rings is 1. The Morgan fingerprint density at radius 3 is 2.93 bits per heavy atom. The maximum Gasteiger partial charge on any atom is 0.326 e. The molecule has 3 heterocycles. The van der Waals surface area contributed by atoms with Gasteiger partial charge in [-0.3, -0.25) is 19.5 Å². The van der Waals surface area contributed by atoms with Crippen molar-refractivity contribution in [1.29, 1.82) is 0 Å². The number of pyridine rings is 1.